The van der Waals surface area contributed by atoms with Crippen molar-refractivity contribution in [1.82, 2.24) is 0 Å². The molecule has 4 heteroatoms. The third-order valence-electron chi connectivity index (χ3n) is 3.50. The zero-order chi connectivity index (χ0) is 11.8. The quantitative estimate of drug-likeness (QED) is 0.796. The van der Waals surface area contributed by atoms with Crippen LogP contribution in [0.4, 0.5) is 5.69 Å². The third-order valence-corrected chi connectivity index (χ3v) is 3.50. The highest BCUT2D eigenvalue weighted by molar-refractivity contribution is 5.73. The van der Waals surface area contributed by atoms with Gasteiger partial charge in [0.15, 0.2) is 0 Å². The van der Waals surface area contributed by atoms with Gasteiger partial charge in [-0.25, -0.2) is 4.99 Å². The van der Waals surface area contributed by atoms with Crippen molar-refractivity contribution in [3.63, 3.8) is 0 Å². The molecule has 0 radical (unpaired) electrons. The topological polar surface area (TPSA) is 50.8 Å². The Kier molecular flexibility index (Phi) is 2.42. The van der Waals surface area contributed by atoms with Crippen LogP contribution in [-0.4, -0.2) is 26.2 Å². The van der Waals surface area contributed by atoms with Crippen LogP contribution in [0.5, 0.6) is 0 Å². The molecule has 2 heterocycles. The number of hydrogen-bond donors (Lipinski definition) is 1. The van der Waals surface area contributed by atoms with Crippen molar-refractivity contribution in [2.24, 2.45) is 10.7 Å². The maximum atomic E-state index is 5.54. The summed E-state index contributed by atoms with van der Waals surface area (Å²) in [6, 6.07) is 6.86. The molecule has 1 aromatic rings. The fourth-order valence-electron chi connectivity index (χ4n) is 2.57. The summed E-state index contributed by atoms with van der Waals surface area (Å²) in [6.45, 7) is 1.78. The first-order chi connectivity index (χ1) is 8.24. The van der Waals surface area contributed by atoms with E-state index in [0.717, 1.165) is 13.0 Å². The summed E-state index contributed by atoms with van der Waals surface area (Å²) in [5.74, 6) is 0. The number of ether oxygens (including phenoxy) is 1. The molecule has 0 aromatic heterocycles. The molecule has 0 fully saturated rings. The lowest BCUT2D eigenvalue weighted by Gasteiger charge is -2.28. The van der Waals surface area contributed by atoms with E-state index >= 15 is 0 Å². The number of benzene rings is 1. The van der Waals surface area contributed by atoms with E-state index in [2.05, 4.69) is 35.1 Å². The summed E-state index contributed by atoms with van der Waals surface area (Å²) in [5.41, 5.74) is 9.47. The number of aliphatic imine (C=N–C) groups is 1. The number of hydrogen-bond acceptors (Lipinski definition) is 4. The average molecular weight is 231 g/mol. The summed E-state index contributed by atoms with van der Waals surface area (Å²) in [6.07, 6.45) is 2.38. The van der Waals surface area contributed by atoms with Crippen LogP contribution in [0.25, 0.3) is 0 Å². The molecule has 0 spiro atoms. The predicted octanol–water partition coefficient (Wildman–Crippen LogP) is 1.45. The number of nitrogens with zero attached hydrogens (tertiary/aromatic N) is 2. The van der Waals surface area contributed by atoms with E-state index in [0.29, 0.717) is 12.6 Å². The van der Waals surface area contributed by atoms with E-state index in [-0.39, 0.29) is 6.10 Å². The van der Waals surface area contributed by atoms with Crippen LogP contribution in [0.2, 0.25) is 0 Å². The maximum absolute atomic E-state index is 5.54. The monoisotopic (exact) mass is 231 g/mol. The molecule has 0 saturated carbocycles. The van der Waals surface area contributed by atoms with Gasteiger partial charge in [0.05, 0.1) is 6.54 Å². The highest BCUT2D eigenvalue weighted by atomic mass is 16.5. The Labute approximate surface area is 101 Å². The van der Waals surface area contributed by atoms with Gasteiger partial charge in [-0.1, -0.05) is 6.07 Å². The lowest BCUT2D eigenvalue weighted by atomic mass is 9.97. The molecule has 2 N–H and O–H groups in total. The van der Waals surface area contributed by atoms with Gasteiger partial charge in [0.25, 0.3) is 6.02 Å². The first kappa shape index (κ1) is 10.4. The van der Waals surface area contributed by atoms with E-state index in [1.54, 1.807) is 0 Å². The van der Waals surface area contributed by atoms with Crippen molar-refractivity contribution < 1.29 is 4.74 Å². The molecule has 2 aliphatic rings. The van der Waals surface area contributed by atoms with Crippen LogP contribution in [0.3, 0.4) is 0 Å². The second-order valence-corrected chi connectivity index (χ2v) is 4.70. The van der Waals surface area contributed by atoms with E-state index in [4.69, 9.17) is 10.5 Å². The number of aryl methyl sites for hydroxylation is 1. The van der Waals surface area contributed by atoms with Crippen molar-refractivity contribution in [3.05, 3.63) is 29.3 Å². The van der Waals surface area contributed by atoms with E-state index in [9.17, 15) is 0 Å². The van der Waals surface area contributed by atoms with Gasteiger partial charge in [-0.15, -0.1) is 0 Å². The Morgan fingerprint density at radius 3 is 3.12 bits per heavy atom. The smallest absolute Gasteiger partial charge is 0.282 e. The average Bonchev–Trinajstić information content (AvgIpc) is 2.76. The van der Waals surface area contributed by atoms with Crippen molar-refractivity contribution in [2.75, 3.05) is 25.0 Å². The zero-order valence-corrected chi connectivity index (χ0v) is 10.0. The largest absolute Gasteiger partial charge is 0.455 e. The molecule has 0 bridgehead atoms. The highest BCUT2D eigenvalue weighted by Crippen LogP contribution is 2.30. The lowest BCUT2D eigenvalue weighted by Crippen LogP contribution is -2.24. The first-order valence-corrected chi connectivity index (χ1v) is 6.04. The molecule has 2 aliphatic heterocycles. The number of amidine groups is 1. The molecule has 3 rings (SSSR count). The van der Waals surface area contributed by atoms with E-state index < -0.39 is 0 Å². The van der Waals surface area contributed by atoms with Gasteiger partial charge in [0.2, 0.25) is 0 Å². The summed E-state index contributed by atoms with van der Waals surface area (Å²) in [7, 11) is 2.14. The Morgan fingerprint density at radius 2 is 2.35 bits per heavy atom. The summed E-state index contributed by atoms with van der Waals surface area (Å²) in [4.78, 5) is 6.39. The number of fused-ring (bicyclic) bond motifs is 1. The SMILES string of the molecule is CN1CCCc2cc(C3CN=C(N)O3)ccc21. The van der Waals surface area contributed by atoms with Gasteiger partial charge < -0.3 is 15.4 Å². The van der Waals surface area contributed by atoms with Crippen LogP contribution >= 0.6 is 0 Å². The molecule has 1 aromatic carbocycles. The zero-order valence-electron chi connectivity index (χ0n) is 10.0. The Morgan fingerprint density at radius 1 is 1.47 bits per heavy atom. The minimum Gasteiger partial charge on any atom is -0.455 e. The van der Waals surface area contributed by atoms with Crippen LogP contribution in [-0.2, 0) is 11.2 Å². The molecule has 4 nitrogen and oxygen atoms in total. The minimum absolute atomic E-state index is 0.00697. The van der Waals surface area contributed by atoms with Gasteiger partial charge in [-0.2, -0.15) is 0 Å². The Bertz CT molecular complexity index is 470. The first-order valence-electron chi connectivity index (χ1n) is 6.04. The summed E-state index contributed by atoms with van der Waals surface area (Å²) < 4.78 is 5.48. The van der Waals surface area contributed by atoms with Crippen LogP contribution in [0, 0.1) is 0 Å². The predicted molar refractivity (Wildman–Crippen MR) is 68.3 cm³/mol. The second-order valence-electron chi connectivity index (χ2n) is 4.70. The summed E-state index contributed by atoms with van der Waals surface area (Å²) in [5, 5.41) is 0. The van der Waals surface area contributed by atoms with Gasteiger partial charge in [-0.05, 0) is 36.1 Å². The van der Waals surface area contributed by atoms with Crippen LogP contribution in [0.15, 0.2) is 23.2 Å². The molecule has 0 saturated heterocycles. The Hall–Kier alpha value is -1.71. The van der Waals surface area contributed by atoms with Crippen LogP contribution in [0.1, 0.15) is 23.7 Å². The second kappa shape index (κ2) is 3.95. The van der Waals surface area contributed by atoms with Gasteiger partial charge in [0, 0.05) is 19.3 Å². The third kappa shape index (κ3) is 1.84. The van der Waals surface area contributed by atoms with E-state index in [1.807, 2.05) is 0 Å². The van der Waals surface area contributed by atoms with Gasteiger partial charge >= 0.3 is 0 Å². The Balaban J connectivity index is 1.88. The number of rotatable bonds is 1. The molecular weight excluding hydrogens is 214 g/mol. The molecule has 0 aliphatic carbocycles. The fraction of sp³-hybridized carbons (Fsp3) is 0.462. The lowest BCUT2D eigenvalue weighted by molar-refractivity contribution is 0.226. The molecule has 0 amide bonds. The van der Waals surface area contributed by atoms with Crippen LogP contribution < -0.4 is 10.6 Å². The van der Waals surface area contributed by atoms with Crippen molar-refractivity contribution in [1.29, 1.82) is 0 Å². The maximum Gasteiger partial charge on any atom is 0.282 e. The van der Waals surface area contributed by atoms with Crippen molar-refractivity contribution in [3.8, 4) is 0 Å². The normalized spacial score (nSPS) is 23.0. The molecule has 17 heavy (non-hydrogen) atoms. The molecule has 90 valence electrons. The number of nitrogens with two attached hydrogens (primary N) is 1. The van der Waals surface area contributed by atoms with Gasteiger partial charge in [-0.3, -0.25) is 0 Å². The van der Waals surface area contributed by atoms with E-state index in [1.165, 1.54) is 23.2 Å². The van der Waals surface area contributed by atoms with Crippen molar-refractivity contribution >= 4 is 11.7 Å². The fourth-order valence-corrected chi connectivity index (χ4v) is 2.57. The molecule has 1 atom stereocenters. The number of anilines is 1. The molecule has 1 unspecified atom stereocenters. The minimum atomic E-state index is 0.00697. The standard InChI is InChI=1S/C13H17N3O/c1-16-6-2-3-9-7-10(4-5-11(9)16)12-8-15-13(14)17-12/h4-5,7,12H,2-3,6,8H2,1H3,(H2,14,15). The highest BCUT2D eigenvalue weighted by Gasteiger charge is 2.22. The summed E-state index contributed by atoms with van der Waals surface area (Å²) >= 11 is 0. The molecular formula is C13H17N3O. The van der Waals surface area contributed by atoms with Gasteiger partial charge in [0.1, 0.15) is 6.10 Å². The van der Waals surface area contributed by atoms with Crippen molar-refractivity contribution in [2.45, 2.75) is 18.9 Å².